The monoisotopic (exact) mass is 333 g/mol. The van der Waals surface area contributed by atoms with Crippen LogP contribution in [-0.2, 0) is 6.54 Å². The zero-order valence-electron chi connectivity index (χ0n) is 16.0. The molecule has 5 heteroatoms. The molecule has 1 aliphatic rings. The van der Waals surface area contributed by atoms with Crippen molar-refractivity contribution >= 4 is 5.96 Å². The Balaban J connectivity index is 1.73. The number of rotatable bonds is 7. The molecule has 1 saturated heterocycles. The van der Waals surface area contributed by atoms with E-state index in [2.05, 4.69) is 51.7 Å². The smallest absolute Gasteiger partial charge is 0.193 e. The van der Waals surface area contributed by atoms with Crippen LogP contribution in [0, 0.1) is 12.3 Å². The summed E-state index contributed by atoms with van der Waals surface area (Å²) in [5.41, 5.74) is 0.448. The lowest BCUT2D eigenvalue weighted by molar-refractivity contribution is 0.142. The molecule has 0 aromatic carbocycles. The molecule has 1 atom stereocenters. The van der Waals surface area contributed by atoms with Crippen LogP contribution >= 0.6 is 0 Å². The molecule has 0 spiro atoms. The standard InChI is InChI=1S/C19H35N5/c1-5-9-19(3)10-8-14-24(16-19)18(20-4)22-11-6-7-13-23-15-12-21-17(23)2/h12,15H,5-11,13-14,16H2,1-4H3,(H,20,22). The molecule has 24 heavy (non-hydrogen) atoms. The SMILES string of the molecule is CCCC1(C)CCCN(C(=NC)NCCCCn2ccnc2C)C1. The lowest BCUT2D eigenvalue weighted by atomic mass is 9.78. The first kappa shape index (κ1) is 18.8. The molecule has 0 amide bonds. The van der Waals surface area contributed by atoms with Crippen molar-refractivity contribution in [3.8, 4) is 0 Å². The highest BCUT2D eigenvalue weighted by Gasteiger charge is 2.31. The number of nitrogens with zero attached hydrogens (tertiary/aromatic N) is 4. The highest BCUT2D eigenvalue weighted by atomic mass is 15.3. The van der Waals surface area contributed by atoms with Crippen molar-refractivity contribution < 1.29 is 0 Å². The maximum atomic E-state index is 4.52. The van der Waals surface area contributed by atoms with Crippen LogP contribution < -0.4 is 5.32 Å². The molecule has 5 nitrogen and oxygen atoms in total. The van der Waals surface area contributed by atoms with Gasteiger partial charge in [0.1, 0.15) is 5.82 Å². The first-order valence-electron chi connectivity index (χ1n) is 9.51. The van der Waals surface area contributed by atoms with Crippen LogP contribution in [0.25, 0.3) is 0 Å². The van der Waals surface area contributed by atoms with E-state index in [1.54, 1.807) is 0 Å². The average Bonchev–Trinajstić information content (AvgIpc) is 2.96. The maximum absolute atomic E-state index is 4.52. The van der Waals surface area contributed by atoms with E-state index in [4.69, 9.17) is 0 Å². The molecule has 1 aliphatic heterocycles. The molecule has 1 aromatic heterocycles. The Morgan fingerprint density at radius 1 is 1.42 bits per heavy atom. The molecule has 0 aliphatic carbocycles. The summed E-state index contributed by atoms with van der Waals surface area (Å²) in [6, 6.07) is 0. The number of aryl methyl sites for hydroxylation is 2. The lowest BCUT2D eigenvalue weighted by Crippen LogP contribution is -2.50. The predicted molar refractivity (Wildman–Crippen MR) is 101 cm³/mol. The van der Waals surface area contributed by atoms with Gasteiger partial charge < -0.3 is 14.8 Å². The number of hydrogen-bond donors (Lipinski definition) is 1. The number of likely N-dealkylation sites (tertiary alicyclic amines) is 1. The lowest BCUT2D eigenvalue weighted by Gasteiger charge is -2.42. The van der Waals surface area contributed by atoms with Gasteiger partial charge in [-0.05, 0) is 44.4 Å². The van der Waals surface area contributed by atoms with Gasteiger partial charge >= 0.3 is 0 Å². The van der Waals surface area contributed by atoms with Gasteiger partial charge in [-0.15, -0.1) is 0 Å². The van der Waals surface area contributed by atoms with Crippen LogP contribution in [0.2, 0.25) is 0 Å². The Morgan fingerprint density at radius 3 is 2.92 bits per heavy atom. The molecule has 1 aromatic rings. The summed E-state index contributed by atoms with van der Waals surface area (Å²) < 4.78 is 2.22. The van der Waals surface area contributed by atoms with E-state index in [0.29, 0.717) is 5.41 Å². The maximum Gasteiger partial charge on any atom is 0.193 e. The van der Waals surface area contributed by atoms with E-state index in [9.17, 15) is 0 Å². The molecule has 1 unspecified atom stereocenters. The number of aliphatic imine (C=N–C) groups is 1. The number of unbranched alkanes of at least 4 members (excludes halogenated alkanes) is 1. The van der Waals surface area contributed by atoms with Gasteiger partial charge in [0, 0.05) is 45.6 Å². The molecule has 0 saturated carbocycles. The number of guanidine groups is 1. The number of nitrogens with one attached hydrogen (secondary N) is 1. The quantitative estimate of drug-likeness (QED) is 0.472. The van der Waals surface area contributed by atoms with Gasteiger partial charge in [-0.25, -0.2) is 4.98 Å². The summed E-state index contributed by atoms with van der Waals surface area (Å²) in [5.74, 6) is 2.18. The topological polar surface area (TPSA) is 45.5 Å². The normalized spacial score (nSPS) is 22.0. The predicted octanol–water partition coefficient (Wildman–Crippen LogP) is 3.45. The largest absolute Gasteiger partial charge is 0.356 e. The van der Waals surface area contributed by atoms with E-state index in [0.717, 1.165) is 50.8 Å². The number of piperidine rings is 1. The number of imidazole rings is 1. The molecule has 1 N–H and O–H groups in total. The summed E-state index contributed by atoms with van der Waals surface area (Å²) in [6.45, 7) is 11.1. The van der Waals surface area contributed by atoms with Crippen LogP contribution in [0.15, 0.2) is 17.4 Å². The molecule has 2 heterocycles. The minimum atomic E-state index is 0.448. The Morgan fingerprint density at radius 2 is 2.25 bits per heavy atom. The highest BCUT2D eigenvalue weighted by molar-refractivity contribution is 5.80. The fourth-order valence-electron chi connectivity index (χ4n) is 3.88. The second kappa shape index (κ2) is 9.09. The highest BCUT2D eigenvalue weighted by Crippen LogP contribution is 2.33. The second-order valence-corrected chi connectivity index (χ2v) is 7.43. The minimum Gasteiger partial charge on any atom is -0.356 e. The first-order valence-corrected chi connectivity index (χ1v) is 9.51. The van der Waals surface area contributed by atoms with Gasteiger partial charge in [0.25, 0.3) is 0 Å². The number of aromatic nitrogens is 2. The summed E-state index contributed by atoms with van der Waals surface area (Å²) >= 11 is 0. The van der Waals surface area contributed by atoms with E-state index in [1.807, 2.05) is 13.2 Å². The molecule has 1 fully saturated rings. The fourth-order valence-corrected chi connectivity index (χ4v) is 3.88. The molecule has 0 radical (unpaired) electrons. The van der Waals surface area contributed by atoms with Gasteiger partial charge in [0.05, 0.1) is 0 Å². The van der Waals surface area contributed by atoms with Gasteiger partial charge in [-0.1, -0.05) is 20.3 Å². The van der Waals surface area contributed by atoms with Crippen molar-refractivity contribution in [2.45, 2.75) is 65.8 Å². The van der Waals surface area contributed by atoms with Gasteiger partial charge in [-0.3, -0.25) is 4.99 Å². The van der Waals surface area contributed by atoms with Crippen LogP contribution in [0.5, 0.6) is 0 Å². The van der Waals surface area contributed by atoms with Crippen molar-refractivity contribution in [2.24, 2.45) is 10.4 Å². The summed E-state index contributed by atoms with van der Waals surface area (Å²) in [4.78, 5) is 11.2. The van der Waals surface area contributed by atoms with Crippen LogP contribution in [0.4, 0.5) is 0 Å². The van der Waals surface area contributed by atoms with E-state index < -0.39 is 0 Å². The third-order valence-electron chi connectivity index (χ3n) is 5.18. The van der Waals surface area contributed by atoms with Crippen molar-refractivity contribution in [2.75, 3.05) is 26.7 Å². The molecular formula is C19H35N5. The summed E-state index contributed by atoms with van der Waals surface area (Å²) in [6.07, 6.45) is 11.4. The first-order chi connectivity index (χ1) is 11.6. The zero-order chi connectivity index (χ0) is 17.4. The molecule has 2 rings (SSSR count). The Labute approximate surface area is 147 Å². The van der Waals surface area contributed by atoms with Crippen LogP contribution in [0.3, 0.4) is 0 Å². The van der Waals surface area contributed by atoms with Crippen molar-refractivity contribution in [3.63, 3.8) is 0 Å². The summed E-state index contributed by atoms with van der Waals surface area (Å²) in [5, 5.41) is 3.56. The Kier molecular flexibility index (Phi) is 7.13. The third kappa shape index (κ3) is 5.25. The Hall–Kier alpha value is -1.52. The molecule has 0 bridgehead atoms. The van der Waals surface area contributed by atoms with Crippen LogP contribution in [0.1, 0.15) is 58.2 Å². The Bertz CT molecular complexity index is 518. The van der Waals surface area contributed by atoms with Crippen molar-refractivity contribution in [3.05, 3.63) is 18.2 Å². The van der Waals surface area contributed by atoms with Gasteiger partial charge in [0.15, 0.2) is 5.96 Å². The second-order valence-electron chi connectivity index (χ2n) is 7.43. The van der Waals surface area contributed by atoms with Crippen molar-refractivity contribution in [1.29, 1.82) is 0 Å². The molecular weight excluding hydrogens is 298 g/mol. The van der Waals surface area contributed by atoms with Gasteiger partial charge in [-0.2, -0.15) is 0 Å². The van der Waals surface area contributed by atoms with E-state index in [-0.39, 0.29) is 0 Å². The van der Waals surface area contributed by atoms with E-state index in [1.165, 1.54) is 25.7 Å². The average molecular weight is 334 g/mol. The van der Waals surface area contributed by atoms with E-state index >= 15 is 0 Å². The van der Waals surface area contributed by atoms with Crippen LogP contribution in [-0.4, -0.2) is 47.1 Å². The van der Waals surface area contributed by atoms with Gasteiger partial charge in [0.2, 0.25) is 0 Å². The summed E-state index contributed by atoms with van der Waals surface area (Å²) in [7, 11) is 1.91. The van der Waals surface area contributed by atoms with Crippen molar-refractivity contribution in [1.82, 2.24) is 19.8 Å². The number of hydrogen-bond acceptors (Lipinski definition) is 2. The third-order valence-corrected chi connectivity index (χ3v) is 5.18. The zero-order valence-corrected chi connectivity index (χ0v) is 16.0. The fraction of sp³-hybridized carbons (Fsp3) is 0.789. The minimum absolute atomic E-state index is 0.448. The molecule has 136 valence electrons.